The van der Waals surface area contributed by atoms with Gasteiger partial charge in [0, 0.05) is 25.9 Å². The fraction of sp³-hybridized carbons (Fsp3) is 0.444. The number of hydrogen-bond acceptors (Lipinski definition) is 3. The number of hydrogen-bond donors (Lipinski definition) is 1. The van der Waals surface area contributed by atoms with Gasteiger partial charge < -0.3 is 9.88 Å². The predicted octanol–water partition coefficient (Wildman–Crippen LogP) is 2.71. The van der Waals surface area contributed by atoms with Gasteiger partial charge in [0.15, 0.2) is 0 Å². The van der Waals surface area contributed by atoms with Crippen LogP contribution in [-0.4, -0.2) is 27.9 Å². The monoisotopic (exact) mass is 296 g/mol. The summed E-state index contributed by atoms with van der Waals surface area (Å²) in [5, 5.41) is 12.1. The molecular weight excluding hydrogens is 272 g/mol. The summed E-state index contributed by atoms with van der Waals surface area (Å²) in [6.45, 7) is 5.18. The van der Waals surface area contributed by atoms with Gasteiger partial charge >= 0.3 is 0 Å². The first-order valence-electron chi connectivity index (χ1n) is 8.20. The second-order valence-electron chi connectivity index (χ2n) is 5.87. The van der Waals surface area contributed by atoms with Gasteiger partial charge in [-0.1, -0.05) is 49.4 Å². The minimum absolute atomic E-state index is 0.680. The van der Waals surface area contributed by atoms with Crippen molar-refractivity contribution in [3.63, 3.8) is 0 Å². The molecule has 3 rings (SSSR count). The van der Waals surface area contributed by atoms with E-state index in [1.54, 1.807) is 0 Å². The highest BCUT2D eigenvalue weighted by Gasteiger charge is 2.21. The van der Waals surface area contributed by atoms with Gasteiger partial charge in [-0.05, 0) is 24.4 Å². The summed E-state index contributed by atoms with van der Waals surface area (Å²) in [4.78, 5) is 0. The minimum Gasteiger partial charge on any atom is -0.315 e. The van der Waals surface area contributed by atoms with Gasteiger partial charge in [-0.2, -0.15) is 0 Å². The Balaban J connectivity index is 1.44. The Kier molecular flexibility index (Phi) is 5.01. The Morgan fingerprint density at radius 2 is 2.14 bits per heavy atom. The van der Waals surface area contributed by atoms with E-state index in [0.717, 1.165) is 44.1 Å². The van der Waals surface area contributed by atoms with E-state index in [1.807, 2.05) is 6.07 Å². The smallest absolute Gasteiger partial charge is 0.133 e. The van der Waals surface area contributed by atoms with E-state index in [9.17, 15) is 0 Å². The lowest BCUT2D eigenvalue weighted by Crippen LogP contribution is -2.30. The molecule has 0 amide bonds. The fourth-order valence-corrected chi connectivity index (χ4v) is 3.01. The van der Waals surface area contributed by atoms with E-state index < -0.39 is 0 Å². The second-order valence-corrected chi connectivity index (χ2v) is 5.87. The first-order chi connectivity index (χ1) is 10.9. The van der Waals surface area contributed by atoms with E-state index in [0.29, 0.717) is 5.92 Å². The zero-order chi connectivity index (χ0) is 15.2. The number of nitrogens with zero attached hydrogens (tertiary/aromatic N) is 3. The van der Waals surface area contributed by atoms with Crippen molar-refractivity contribution < 1.29 is 0 Å². The SMILES string of the molecule is CCc1nnc2n1C[C@H](CNC/C=C\c1ccccc1)CC2. The molecular formula is C18H24N4. The molecule has 4 nitrogen and oxygen atoms in total. The third kappa shape index (κ3) is 3.63. The van der Waals surface area contributed by atoms with E-state index >= 15 is 0 Å². The average Bonchev–Trinajstić information content (AvgIpc) is 2.98. The normalized spacial score (nSPS) is 17.8. The number of rotatable bonds is 6. The highest BCUT2D eigenvalue weighted by Crippen LogP contribution is 2.19. The van der Waals surface area contributed by atoms with Crippen LogP contribution in [0.15, 0.2) is 36.4 Å². The Morgan fingerprint density at radius 3 is 2.95 bits per heavy atom. The second kappa shape index (κ2) is 7.36. The fourth-order valence-electron chi connectivity index (χ4n) is 3.01. The van der Waals surface area contributed by atoms with Crippen LogP contribution in [0.4, 0.5) is 0 Å². The summed E-state index contributed by atoms with van der Waals surface area (Å²) in [6.07, 6.45) is 7.59. The van der Waals surface area contributed by atoms with Crippen LogP contribution in [0.25, 0.3) is 6.08 Å². The van der Waals surface area contributed by atoms with Gasteiger partial charge in [-0.25, -0.2) is 0 Å². The van der Waals surface area contributed by atoms with Crippen molar-refractivity contribution in [2.24, 2.45) is 5.92 Å². The molecule has 1 aromatic carbocycles. The molecule has 0 bridgehead atoms. The molecule has 0 saturated carbocycles. The molecule has 0 fully saturated rings. The lowest BCUT2D eigenvalue weighted by atomic mass is 9.99. The van der Waals surface area contributed by atoms with E-state index in [2.05, 4.69) is 63.4 Å². The maximum atomic E-state index is 4.29. The van der Waals surface area contributed by atoms with Gasteiger partial charge in [0.25, 0.3) is 0 Å². The zero-order valence-corrected chi connectivity index (χ0v) is 13.2. The largest absolute Gasteiger partial charge is 0.315 e. The first-order valence-corrected chi connectivity index (χ1v) is 8.20. The summed E-state index contributed by atoms with van der Waals surface area (Å²) >= 11 is 0. The molecule has 1 aliphatic heterocycles. The van der Waals surface area contributed by atoms with Crippen LogP contribution in [-0.2, 0) is 19.4 Å². The van der Waals surface area contributed by atoms with Crippen LogP contribution >= 0.6 is 0 Å². The molecule has 0 aliphatic carbocycles. The number of fused-ring (bicyclic) bond motifs is 1. The van der Waals surface area contributed by atoms with Crippen LogP contribution in [0.2, 0.25) is 0 Å². The quantitative estimate of drug-likeness (QED) is 0.834. The van der Waals surface area contributed by atoms with Crippen LogP contribution < -0.4 is 5.32 Å². The molecule has 1 aliphatic rings. The molecule has 0 radical (unpaired) electrons. The van der Waals surface area contributed by atoms with Crippen molar-refractivity contribution in [1.29, 1.82) is 0 Å². The lowest BCUT2D eigenvalue weighted by Gasteiger charge is -2.24. The van der Waals surface area contributed by atoms with Crippen LogP contribution in [0.1, 0.15) is 30.6 Å². The van der Waals surface area contributed by atoms with Crippen molar-refractivity contribution >= 4 is 6.08 Å². The third-order valence-corrected chi connectivity index (χ3v) is 4.24. The highest BCUT2D eigenvalue weighted by atomic mass is 15.3. The lowest BCUT2D eigenvalue weighted by molar-refractivity contribution is 0.347. The van der Waals surface area contributed by atoms with Gasteiger partial charge in [0.05, 0.1) is 0 Å². The molecule has 2 aromatic rings. The molecule has 1 atom stereocenters. The minimum atomic E-state index is 0.680. The van der Waals surface area contributed by atoms with Crippen molar-refractivity contribution in [3.05, 3.63) is 53.6 Å². The maximum Gasteiger partial charge on any atom is 0.133 e. The topological polar surface area (TPSA) is 42.7 Å². The molecule has 0 unspecified atom stereocenters. The number of aryl methyl sites for hydroxylation is 2. The van der Waals surface area contributed by atoms with Gasteiger partial charge in [-0.15, -0.1) is 10.2 Å². The predicted molar refractivity (Wildman–Crippen MR) is 89.6 cm³/mol. The van der Waals surface area contributed by atoms with Crippen molar-refractivity contribution in [2.75, 3.05) is 13.1 Å². The Labute approximate surface area is 132 Å². The van der Waals surface area contributed by atoms with E-state index in [1.165, 1.54) is 12.0 Å². The van der Waals surface area contributed by atoms with Gasteiger partial charge in [-0.3, -0.25) is 0 Å². The molecule has 1 aromatic heterocycles. The third-order valence-electron chi connectivity index (χ3n) is 4.24. The van der Waals surface area contributed by atoms with Gasteiger partial charge in [0.2, 0.25) is 0 Å². The Bertz CT molecular complexity index is 602. The summed E-state index contributed by atoms with van der Waals surface area (Å²) in [5.74, 6) is 2.97. The molecule has 116 valence electrons. The molecule has 0 saturated heterocycles. The average molecular weight is 296 g/mol. The first kappa shape index (κ1) is 15.0. The van der Waals surface area contributed by atoms with Crippen LogP contribution in [0.5, 0.6) is 0 Å². The van der Waals surface area contributed by atoms with E-state index in [-0.39, 0.29) is 0 Å². The van der Waals surface area contributed by atoms with E-state index in [4.69, 9.17) is 0 Å². The van der Waals surface area contributed by atoms with Crippen molar-refractivity contribution in [2.45, 2.75) is 32.7 Å². The summed E-state index contributed by atoms with van der Waals surface area (Å²) in [5.41, 5.74) is 1.25. The number of nitrogens with one attached hydrogen (secondary N) is 1. The Morgan fingerprint density at radius 1 is 1.27 bits per heavy atom. The number of aromatic nitrogens is 3. The van der Waals surface area contributed by atoms with Crippen LogP contribution in [0.3, 0.4) is 0 Å². The maximum absolute atomic E-state index is 4.29. The highest BCUT2D eigenvalue weighted by molar-refractivity contribution is 5.48. The summed E-state index contributed by atoms with van der Waals surface area (Å²) < 4.78 is 2.32. The molecule has 1 N–H and O–H groups in total. The number of benzene rings is 1. The van der Waals surface area contributed by atoms with Gasteiger partial charge in [0.1, 0.15) is 11.6 Å². The van der Waals surface area contributed by atoms with Crippen LogP contribution in [0, 0.1) is 5.92 Å². The molecule has 2 heterocycles. The zero-order valence-electron chi connectivity index (χ0n) is 13.2. The summed E-state index contributed by atoms with van der Waals surface area (Å²) in [6, 6.07) is 10.4. The molecule has 4 heteroatoms. The Hall–Kier alpha value is -1.94. The van der Waals surface area contributed by atoms with Crippen molar-refractivity contribution in [1.82, 2.24) is 20.1 Å². The molecule has 0 spiro atoms. The standard InChI is InChI=1S/C18H24N4/c1-2-17-20-21-18-11-10-16(14-22(17)18)13-19-12-6-9-15-7-4-3-5-8-15/h3-9,16,19H,2,10-14H2,1H3/b9-6-/t16-/m0/s1. The summed E-state index contributed by atoms with van der Waals surface area (Å²) in [7, 11) is 0. The molecule has 22 heavy (non-hydrogen) atoms. The van der Waals surface area contributed by atoms with Crippen molar-refractivity contribution in [3.8, 4) is 0 Å².